The van der Waals surface area contributed by atoms with Crippen LogP contribution in [0.3, 0.4) is 0 Å². The fraction of sp³-hybridized carbons (Fsp3) is 0.419. The van der Waals surface area contributed by atoms with Crippen molar-refractivity contribution in [3.8, 4) is 0 Å². The number of likely N-dealkylation sites (tertiary alicyclic amines) is 1. The van der Waals surface area contributed by atoms with Crippen molar-refractivity contribution in [3.63, 3.8) is 0 Å². The summed E-state index contributed by atoms with van der Waals surface area (Å²) in [4.78, 5) is 54.7. The molecule has 3 atom stereocenters. The van der Waals surface area contributed by atoms with E-state index in [1.165, 1.54) is 6.26 Å². The molecule has 0 spiro atoms. The van der Waals surface area contributed by atoms with Gasteiger partial charge in [0.15, 0.2) is 5.78 Å². The number of carbonyl (C=O) groups excluding carboxylic acids is 3. The minimum atomic E-state index is -0.808. The van der Waals surface area contributed by atoms with Crippen LogP contribution in [0.15, 0.2) is 64.0 Å². The molecule has 1 aromatic carbocycles. The molecule has 202 valence electrons. The maximum atomic E-state index is 14.0. The van der Waals surface area contributed by atoms with Crippen molar-refractivity contribution in [2.24, 2.45) is 11.3 Å². The number of aromatic nitrogens is 1. The molecule has 1 saturated heterocycles. The predicted octanol–water partition coefficient (Wildman–Crippen LogP) is 3.58. The van der Waals surface area contributed by atoms with Gasteiger partial charge in [-0.05, 0) is 29.4 Å². The molecule has 1 N–H and O–H groups in total. The number of hydrogen-bond acceptors (Lipinski definition) is 5. The number of amides is 2. The van der Waals surface area contributed by atoms with Gasteiger partial charge < -0.3 is 19.2 Å². The van der Waals surface area contributed by atoms with E-state index in [0.717, 1.165) is 17.7 Å². The highest BCUT2D eigenvalue weighted by molar-refractivity contribution is 6.10. The zero-order chi connectivity index (χ0) is 27.3. The number of ketones is 1. The van der Waals surface area contributed by atoms with Gasteiger partial charge in [-0.1, -0.05) is 50.2 Å². The van der Waals surface area contributed by atoms with E-state index >= 15 is 0 Å². The molecule has 0 saturated carbocycles. The Bertz CT molecular complexity index is 1500. The Morgan fingerprint density at radius 3 is 2.62 bits per heavy atom. The van der Waals surface area contributed by atoms with E-state index in [1.54, 1.807) is 12.1 Å². The summed E-state index contributed by atoms with van der Waals surface area (Å²) in [6.45, 7) is 5.63. The second-order valence-corrected chi connectivity index (χ2v) is 12.0. The van der Waals surface area contributed by atoms with Gasteiger partial charge in [0.25, 0.3) is 11.5 Å². The number of piperidine rings is 1. The summed E-state index contributed by atoms with van der Waals surface area (Å²) in [6, 6.07) is 14.1. The van der Waals surface area contributed by atoms with E-state index in [4.69, 9.17) is 4.42 Å². The van der Waals surface area contributed by atoms with E-state index in [0.29, 0.717) is 50.2 Å². The number of fused-ring (bicyclic) bond motifs is 5. The van der Waals surface area contributed by atoms with Crippen LogP contribution in [0.2, 0.25) is 0 Å². The van der Waals surface area contributed by atoms with Gasteiger partial charge in [0.2, 0.25) is 5.91 Å². The number of benzene rings is 1. The zero-order valence-electron chi connectivity index (χ0n) is 22.3. The summed E-state index contributed by atoms with van der Waals surface area (Å²) >= 11 is 0. The molecule has 2 bridgehead atoms. The topological polar surface area (TPSA) is 102 Å². The van der Waals surface area contributed by atoms with E-state index < -0.39 is 11.9 Å². The molecule has 39 heavy (non-hydrogen) atoms. The van der Waals surface area contributed by atoms with Gasteiger partial charge in [0.1, 0.15) is 18.1 Å². The second-order valence-electron chi connectivity index (χ2n) is 12.0. The van der Waals surface area contributed by atoms with Crippen LogP contribution < -0.4 is 10.9 Å². The fourth-order valence-corrected chi connectivity index (χ4v) is 6.60. The number of carbonyl (C=O) groups is 3. The van der Waals surface area contributed by atoms with E-state index in [1.807, 2.05) is 59.7 Å². The first-order valence-corrected chi connectivity index (χ1v) is 13.7. The molecule has 6 rings (SSSR count). The predicted molar refractivity (Wildman–Crippen MR) is 145 cm³/mol. The average molecular weight is 528 g/mol. The van der Waals surface area contributed by atoms with E-state index in [2.05, 4.69) is 5.32 Å². The van der Waals surface area contributed by atoms with Gasteiger partial charge in [0.05, 0.1) is 11.1 Å². The van der Waals surface area contributed by atoms with Crippen molar-refractivity contribution in [2.75, 3.05) is 13.1 Å². The Hall–Kier alpha value is -3.94. The summed E-state index contributed by atoms with van der Waals surface area (Å²) in [6.07, 6.45) is 3.53. The number of furan rings is 1. The Labute approximate surface area is 227 Å². The van der Waals surface area contributed by atoms with E-state index in [9.17, 15) is 19.2 Å². The Kier molecular flexibility index (Phi) is 6.28. The van der Waals surface area contributed by atoms with Gasteiger partial charge in [-0.15, -0.1) is 0 Å². The van der Waals surface area contributed by atoms with Crippen LogP contribution in [-0.2, 0) is 24.2 Å². The van der Waals surface area contributed by atoms with Crippen molar-refractivity contribution in [3.05, 3.63) is 93.3 Å². The number of Topliss-reactive ketones (excluding diaryl/α,β-unsaturated/α-hetero) is 1. The molecule has 0 radical (unpaired) electrons. The first-order valence-electron chi connectivity index (χ1n) is 13.7. The highest BCUT2D eigenvalue weighted by Gasteiger charge is 2.40. The van der Waals surface area contributed by atoms with Crippen LogP contribution in [0.5, 0.6) is 0 Å². The molecular weight excluding hydrogens is 494 g/mol. The van der Waals surface area contributed by atoms with Crippen molar-refractivity contribution in [1.82, 2.24) is 14.8 Å². The molecule has 2 unspecified atom stereocenters. The SMILES string of the molecule is CC1(C)CC(=O)c2c(C(=O)N[C@H](Cc3ccccc3)C(=O)N3CC4CC(C3)c3cccc(=O)n3C4)coc2C1. The molecule has 2 amide bonds. The monoisotopic (exact) mass is 527 g/mol. The third-order valence-corrected chi connectivity index (χ3v) is 8.35. The average Bonchev–Trinajstić information content (AvgIpc) is 3.32. The summed E-state index contributed by atoms with van der Waals surface area (Å²) in [5.74, 6) is 0.0457. The van der Waals surface area contributed by atoms with Gasteiger partial charge in [0, 0.05) is 56.6 Å². The quantitative estimate of drug-likeness (QED) is 0.547. The van der Waals surface area contributed by atoms with Crippen molar-refractivity contribution >= 4 is 17.6 Å². The number of rotatable bonds is 5. The molecule has 4 heterocycles. The molecule has 2 aliphatic heterocycles. The fourth-order valence-electron chi connectivity index (χ4n) is 6.60. The van der Waals surface area contributed by atoms with Crippen LogP contribution in [-0.4, -0.2) is 46.2 Å². The van der Waals surface area contributed by atoms with Crippen LogP contribution in [0, 0.1) is 11.3 Å². The normalized spacial score (nSPS) is 22.0. The van der Waals surface area contributed by atoms with Gasteiger partial charge in [-0.3, -0.25) is 19.2 Å². The van der Waals surface area contributed by atoms with Crippen LogP contribution in [0.25, 0.3) is 0 Å². The van der Waals surface area contributed by atoms with Gasteiger partial charge in [-0.2, -0.15) is 0 Å². The third-order valence-electron chi connectivity index (χ3n) is 8.35. The summed E-state index contributed by atoms with van der Waals surface area (Å²) < 4.78 is 7.52. The molecule has 2 aromatic heterocycles. The number of nitrogens with zero attached hydrogens (tertiary/aromatic N) is 2. The van der Waals surface area contributed by atoms with Crippen LogP contribution in [0.1, 0.15) is 70.3 Å². The lowest BCUT2D eigenvalue weighted by atomic mass is 9.76. The smallest absolute Gasteiger partial charge is 0.255 e. The molecule has 1 aliphatic carbocycles. The maximum absolute atomic E-state index is 14.0. The van der Waals surface area contributed by atoms with Crippen LogP contribution in [0.4, 0.5) is 0 Å². The number of pyridine rings is 1. The summed E-state index contributed by atoms with van der Waals surface area (Å²) in [5, 5.41) is 2.95. The minimum Gasteiger partial charge on any atom is -0.468 e. The molecule has 8 nitrogen and oxygen atoms in total. The molecule has 3 aromatic rings. The Balaban J connectivity index is 1.26. The lowest BCUT2D eigenvalue weighted by molar-refractivity contribution is -0.136. The van der Waals surface area contributed by atoms with Crippen molar-refractivity contribution < 1.29 is 18.8 Å². The Morgan fingerprint density at radius 2 is 1.82 bits per heavy atom. The van der Waals surface area contributed by atoms with Crippen molar-refractivity contribution in [1.29, 1.82) is 0 Å². The molecule has 8 heteroatoms. The molecule has 1 fully saturated rings. The van der Waals surface area contributed by atoms with Gasteiger partial charge >= 0.3 is 0 Å². The first-order chi connectivity index (χ1) is 18.7. The maximum Gasteiger partial charge on any atom is 0.255 e. The highest BCUT2D eigenvalue weighted by Crippen LogP contribution is 2.37. The van der Waals surface area contributed by atoms with Crippen LogP contribution >= 0.6 is 0 Å². The summed E-state index contributed by atoms with van der Waals surface area (Å²) in [7, 11) is 0. The Morgan fingerprint density at radius 1 is 1.03 bits per heavy atom. The highest BCUT2D eigenvalue weighted by atomic mass is 16.3. The largest absolute Gasteiger partial charge is 0.468 e. The molecule has 3 aliphatic rings. The molecular formula is C31H33N3O5. The van der Waals surface area contributed by atoms with E-state index in [-0.39, 0.29) is 40.1 Å². The standard InChI is InChI=1S/C31H33N3O5/c1-31(2)13-25(35)28-22(18-39-26(28)14-31)29(37)32-23(12-19-7-4-3-5-8-19)30(38)33-15-20-11-21(17-33)24-9-6-10-27(36)34(24)16-20/h3-10,18,20-21,23H,11-17H2,1-2H3,(H,32,37)/t20?,21?,23-/m1/s1. The minimum absolute atomic E-state index is 0.00225. The lowest BCUT2D eigenvalue weighted by Crippen LogP contribution is -2.55. The first kappa shape index (κ1) is 25.3. The lowest BCUT2D eigenvalue weighted by Gasteiger charge is -2.43. The summed E-state index contributed by atoms with van der Waals surface area (Å²) in [5.41, 5.74) is 2.20. The second kappa shape index (κ2) is 9.67. The van der Waals surface area contributed by atoms with Gasteiger partial charge in [-0.25, -0.2) is 0 Å². The zero-order valence-corrected chi connectivity index (χ0v) is 22.3. The third kappa shape index (κ3) is 4.84. The number of nitrogens with one attached hydrogen (secondary N) is 1. The number of hydrogen-bond donors (Lipinski definition) is 1. The van der Waals surface area contributed by atoms with Crippen molar-refractivity contribution in [2.45, 2.75) is 58.0 Å².